The van der Waals surface area contributed by atoms with Gasteiger partial charge in [-0.05, 0) is 54.9 Å². The van der Waals surface area contributed by atoms with E-state index in [1.807, 2.05) is 13.1 Å². The molecule has 0 heterocycles. The number of aryl methyl sites for hydroxylation is 2. The summed E-state index contributed by atoms with van der Waals surface area (Å²) in [5.74, 6) is 0.892. The number of hydrogen-bond acceptors (Lipinski definition) is 2. The minimum absolute atomic E-state index is 0. The molecule has 3 heteroatoms. The normalized spacial score (nSPS) is 12.1. The molecule has 0 aliphatic heterocycles. The molecule has 0 unspecified atom stereocenters. The van der Waals surface area contributed by atoms with Crippen LogP contribution >= 0.6 is 0 Å². The van der Waals surface area contributed by atoms with Crippen molar-refractivity contribution >= 4 is 23.3 Å². The first-order valence-corrected chi connectivity index (χ1v) is 9.09. The first-order valence-electron chi connectivity index (χ1n) is 9.09. The molecule has 0 aromatic heterocycles. The van der Waals surface area contributed by atoms with E-state index < -0.39 is 0 Å². The Hall–Kier alpha value is -1.73. The van der Waals surface area contributed by atoms with E-state index in [1.165, 1.54) is 22.3 Å². The maximum atomic E-state index is 4.85. The second-order valence-electron chi connectivity index (χ2n) is 7.35. The molecule has 0 radical (unpaired) electrons. The second-order valence-corrected chi connectivity index (χ2v) is 7.35. The van der Waals surface area contributed by atoms with E-state index in [1.54, 1.807) is 0 Å². The predicted octanol–water partition coefficient (Wildman–Crippen LogP) is 7.04. The number of benzene rings is 2. The molecular weight excluding hydrogens is 363 g/mol. The van der Waals surface area contributed by atoms with E-state index in [2.05, 4.69) is 77.9 Å². The van der Waals surface area contributed by atoms with Crippen molar-refractivity contribution in [2.24, 2.45) is 9.98 Å². The molecule has 0 saturated heterocycles. The molecule has 0 amide bonds. The Morgan fingerprint density at radius 3 is 1.73 bits per heavy atom. The van der Waals surface area contributed by atoms with Gasteiger partial charge in [-0.1, -0.05) is 64.1 Å². The maximum Gasteiger partial charge on any atom is 0.0699 e. The van der Waals surface area contributed by atoms with Crippen LogP contribution in [0.2, 0.25) is 0 Å². The van der Waals surface area contributed by atoms with E-state index >= 15 is 0 Å². The van der Waals surface area contributed by atoms with Crippen LogP contribution in [0.25, 0.3) is 0 Å². The smallest absolute Gasteiger partial charge is 0.0699 e. The summed E-state index contributed by atoms with van der Waals surface area (Å²) < 4.78 is 0. The molecule has 2 aromatic rings. The Morgan fingerprint density at radius 1 is 0.808 bits per heavy atom. The van der Waals surface area contributed by atoms with Crippen molar-refractivity contribution in [1.82, 2.24) is 0 Å². The number of para-hydroxylation sites is 2. The van der Waals surface area contributed by atoms with Crippen LogP contribution in [0.1, 0.15) is 68.7 Å². The van der Waals surface area contributed by atoms with Crippen LogP contribution in [-0.4, -0.2) is 11.9 Å². The van der Waals surface area contributed by atoms with Gasteiger partial charge in [0.2, 0.25) is 0 Å². The molecular formula is C23H30N2Ni. The zero-order valence-corrected chi connectivity index (χ0v) is 17.9. The van der Waals surface area contributed by atoms with Crippen molar-refractivity contribution in [3.8, 4) is 0 Å². The van der Waals surface area contributed by atoms with Gasteiger partial charge in [0, 0.05) is 22.7 Å². The molecule has 26 heavy (non-hydrogen) atoms. The van der Waals surface area contributed by atoms with Gasteiger partial charge in [-0.25, -0.2) is 0 Å². The van der Waals surface area contributed by atoms with Crippen LogP contribution in [0.5, 0.6) is 0 Å². The van der Waals surface area contributed by atoms with E-state index in [9.17, 15) is 0 Å². The summed E-state index contributed by atoms with van der Waals surface area (Å²) in [5, 5.41) is 0. The number of aliphatic imine (C=N–C) groups is 2. The minimum atomic E-state index is 0. The summed E-state index contributed by atoms with van der Waals surface area (Å²) in [7, 11) is 0. The second kappa shape index (κ2) is 9.83. The van der Waals surface area contributed by atoms with Gasteiger partial charge in [0.1, 0.15) is 0 Å². The Kier molecular flexibility index (Phi) is 8.44. The van der Waals surface area contributed by atoms with Crippen LogP contribution in [0, 0.1) is 13.8 Å². The minimum Gasteiger partial charge on any atom is -0.254 e. The number of nitrogens with zero attached hydrogens (tertiary/aromatic N) is 2. The van der Waals surface area contributed by atoms with Crippen molar-refractivity contribution < 1.29 is 16.5 Å². The number of rotatable bonds is 5. The van der Waals surface area contributed by atoms with Gasteiger partial charge >= 0.3 is 0 Å². The largest absolute Gasteiger partial charge is 0.254 e. The fraction of sp³-hybridized carbons (Fsp3) is 0.391. The monoisotopic (exact) mass is 392 g/mol. The van der Waals surface area contributed by atoms with Crippen LogP contribution in [0.15, 0.2) is 46.4 Å². The first kappa shape index (κ1) is 22.3. The summed E-state index contributed by atoms with van der Waals surface area (Å²) in [6.45, 7) is 15.1. The average Bonchev–Trinajstić information content (AvgIpc) is 2.55. The summed E-state index contributed by atoms with van der Waals surface area (Å²) in [6, 6.07) is 12.8. The fourth-order valence-corrected chi connectivity index (χ4v) is 3.01. The van der Waals surface area contributed by atoms with Crippen molar-refractivity contribution in [3.05, 3.63) is 58.7 Å². The molecule has 0 aliphatic rings. The Bertz CT molecular complexity index is 755. The van der Waals surface area contributed by atoms with Gasteiger partial charge in [-0.15, -0.1) is 0 Å². The molecule has 2 aromatic carbocycles. The molecule has 2 nitrogen and oxygen atoms in total. The number of hydrogen-bond donors (Lipinski definition) is 0. The van der Waals surface area contributed by atoms with Crippen molar-refractivity contribution in [2.45, 2.75) is 60.3 Å². The van der Waals surface area contributed by atoms with E-state index in [0.29, 0.717) is 11.8 Å². The van der Waals surface area contributed by atoms with Crippen LogP contribution in [-0.2, 0) is 16.5 Å². The van der Waals surface area contributed by atoms with Gasteiger partial charge < -0.3 is 0 Å². The van der Waals surface area contributed by atoms with Crippen LogP contribution < -0.4 is 0 Å². The molecule has 0 bridgehead atoms. The third-order valence-electron chi connectivity index (χ3n) is 4.45. The third-order valence-corrected chi connectivity index (χ3v) is 4.45. The van der Waals surface area contributed by atoms with Crippen molar-refractivity contribution in [1.29, 1.82) is 0 Å². The van der Waals surface area contributed by atoms with Crippen molar-refractivity contribution in [2.75, 3.05) is 0 Å². The fourth-order valence-electron chi connectivity index (χ4n) is 3.01. The summed E-state index contributed by atoms with van der Waals surface area (Å²) in [5.41, 5.74) is 8.04. The average molecular weight is 393 g/mol. The molecule has 0 spiro atoms. The van der Waals surface area contributed by atoms with Crippen molar-refractivity contribution in [3.63, 3.8) is 0 Å². The quantitative estimate of drug-likeness (QED) is 0.384. The SMILES string of the molecule is CC(C=Nc1c(C(C)C)cccc1C(C)C)=Nc1c(C)cccc1C.[Ni]. The zero-order valence-electron chi connectivity index (χ0n) is 16.9. The summed E-state index contributed by atoms with van der Waals surface area (Å²) in [4.78, 5) is 9.64. The van der Waals surface area contributed by atoms with Gasteiger partial charge in [0.05, 0.1) is 17.1 Å². The Labute approximate surface area is 168 Å². The molecule has 2 rings (SSSR count). The van der Waals surface area contributed by atoms with E-state index in [4.69, 9.17) is 9.98 Å². The predicted molar refractivity (Wildman–Crippen MR) is 111 cm³/mol. The van der Waals surface area contributed by atoms with Gasteiger partial charge in [-0.3, -0.25) is 9.98 Å². The van der Waals surface area contributed by atoms with E-state index in [-0.39, 0.29) is 16.5 Å². The standard InChI is InChI=1S/C23H30N2.Ni/c1-15(2)20-12-9-13-21(16(3)4)23(20)24-14-19(7)25-22-17(5)10-8-11-18(22)6;/h8-16H,1-7H3;. The molecule has 0 atom stereocenters. The molecule has 0 saturated carbocycles. The Morgan fingerprint density at radius 2 is 1.27 bits per heavy atom. The molecule has 0 aliphatic carbocycles. The molecule has 0 fully saturated rings. The maximum absolute atomic E-state index is 4.85. The Balaban J connectivity index is 0.00000338. The van der Waals surface area contributed by atoms with Gasteiger partial charge in [0.15, 0.2) is 0 Å². The molecule has 142 valence electrons. The first-order chi connectivity index (χ1) is 11.8. The van der Waals surface area contributed by atoms with Gasteiger partial charge in [0.25, 0.3) is 0 Å². The third kappa shape index (κ3) is 5.38. The zero-order chi connectivity index (χ0) is 18.6. The van der Waals surface area contributed by atoms with E-state index in [0.717, 1.165) is 17.1 Å². The van der Waals surface area contributed by atoms with Gasteiger partial charge in [-0.2, -0.15) is 0 Å². The molecule has 0 N–H and O–H groups in total. The summed E-state index contributed by atoms with van der Waals surface area (Å²) >= 11 is 0. The topological polar surface area (TPSA) is 24.7 Å². The summed E-state index contributed by atoms with van der Waals surface area (Å²) in [6.07, 6.45) is 1.90. The van der Waals surface area contributed by atoms with Crippen LogP contribution in [0.4, 0.5) is 11.4 Å². The van der Waals surface area contributed by atoms with Crippen LogP contribution in [0.3, 0.4) is 0 Å².